The van der Waals surface area contributed by atoms with Crippen LogP contribution in [0.4, 0.5) is 21.7 Å². The van der Waals surface area contributed by atoms with E-state index in [1.807, 2.05) is 13.8 Å². The van der Waals surface area contributed by atoms with Crippen LogP contribution in [0, 0.1) is 5.82 Å². The second-order valence-corrected chi connectivity index (χ2v) is 5.51. The Morgan fingerprint density at radius 1 is 1.15 bits per heavy atom. The average Bonchev–Trinajstić information content (AvgIpc) is 2.42. The van der Waals surface area contributed by atoms with Gasteiger partial charge in [0.25, 0.3) is 0 Å². The Balaban J connectivity index is 2.32. The van der Waals surface area contributed by atoms with Gasteiger partial charge in [0, 0.05) is 24.7 Å². The normalized spacial score (nSPS) is 10.7. The minimum Gasteiger partial charge on any atom is -0.373 e. The molecule has 0 saturated carbocycles. The van der Waals surface area contributed by atoms with Gasteiger partial charge >= 0.3 is 0 Å². The van der Waals surface area contributed by atoms with Crippen molar-refractivity contribution in [2.75, 3.05) is 17.7 Å². The molecule has 1 aromatic carbocycles. The van der Waals surface area contributed by atoms with Gasteiger partial charge in [0.2, 0.25) is 0 Å². The van der Waals surface area contributed by atoms with Gasteiger partial charge in [-0.05, 0) is 34.1 Å². The lowest BCUT2D eigenvalue weighted by molar-refractivity contribution is 0.622. The van der Waals surface area contributed by atoms with E-state index in [9.17, 15) is 4.39 Å². The maximum Gasteiger partial charge on any atom is 0.139 e. The van der Waals surface area contributed by atoms with E-state index in [1.54, 1.807) is 25.2 Å². The molecule has 0 radical (unpaired) electrons. The van der Waals surface area contributed by atoms with E-state index >= 15 is 0 Å². The summed E-state index contributed by atoms with van der Waals surface area (Å²) < 4.78 is 13.9. The molecule has 0 saturated heterocycles. The van der Waals surface area contributed by atoms with Crippen molar-refractivity contribution < 1.29 is 4.39 Å². The molecule has 0 bridgehead atoms. The van der Waals surface area contributed by atoms with Gasteiger partial charge in [-0.3, -0.25) is 0 Å². The molecular weight excluding hydrogens is 323 g/mol. The molecule has 2 aromatic rings. The Labute approximate surface area is 126 Å². The van der Waals surface area contributed by atoms with Gasteiger partial charge in [-0.2, -0.15) is 0 Å². The van der Waals surface area contributed by atoms with Gasteiger partial charge in [-0.1, -0.05) is 13.8 Å². The summed E-state index contributed by atoms with van der Waals surface area (Å²) in [5.74, 6) is 1.99. The topological polar surface area (TPSA) is 49.8 Å². The van der Waals surface area contributed by atoms with E-state index in [0.717, 1.165) is 11.6 Å². The molecular formula is C14H16BrFN4. The molecule has 0 atom stereocenters. The third-order valence-electron chi connectivity index (χ3n) is 2.71. The molecule has 0 unspecified atom stereocenters. The van der Waals surface area contributed by atoms with Crippen LogP contribution < -0.4 is 10.6 Å². The van der Waals surface area contributed by atoms with Crippen LogP contribution in [-0.2, 0) is 0 Å². The highest BCUT2D eigenvalue weighted by Gasteiger charge is 2.08. The Morgan fingerprint density at radius 3 is 2.45 bits per heavy atom. The number of halogens is 2. The van der Waals surface area contributed by atoms with Crippen molar-refractivity contribution in [1.82, 2.24) is 9.97 Å². The van der Waals surface area contributed by atoms with E-state index in [1.165, 1.54) is 6.07 Å². The molecule has 106 valence electrons. The fourth-order valence-electron chi connectivity index (χ4n) is 1.64. The molecule has 0 aliphatic carbocycles. The maximum absolute atomic E-state index is 13.5. The van der Waals surface area contributed by atoms with Gasteiger partial charge in [0.1, 0.15) is 23.3 Å². The quantitative estimate of drug-likeness (QED) is 0.873. The number of nitrogens with zero attached hydrogens (tertiary/aromatic N) is 2. The van der Waals surface area contributed by atoms with Crippen molar-refractivity contribution in [2.24, 2.45) is 0 Å². The molecule has 2 N–H and O–H groups in total. The molecule has 1 heterocycles. The van der Waals surface area contributed by atoms with Crippen LogP contribution in [0.25, 0.3) is 0 Å². The van der Waals surface area contributed by atoms with Gasteiger partial charge in [0.05, 0.1) is 4.47 Å². The second-order valence-electron chi connectivity index (χ2n) is 4.66. The van der Waals surface area contributed by atoms with Crippen LogP contribution in [0.3, 0.4) is 0 Å². The Morgan fingerprint density at radius 2 is 1.85 bits per heavy atom. The maximum atomic E-state index is 13.5. The van der Waals surface area contributed by atoms with E-state index in [-0.39, 0.29) is 11.7 Å². The van der Waals surface area contributed by atoms with E-state index in [4.69, 9.17) is 0 Å². The molecule has 0 amide bonds. The van der Waals surface area contributed by atoms with Crippen LogP contribution in [0.5, 0.6) is 0 Å². The number of hydrogen-bond donors (Lipinski definition) is 2. The lowest BCUT2D eigenvalue weighted by atomic mass is 10.2. The number of rotatable bonds is 4. The summed E-state index contributed by atoms with van der Waals surface area (Å²) in [5, 5.41) is 6.09. The van der Waals surface area contributed by atoms with E-state index in [0.29, 0.717) is 16.0 Å². The fourth-order valence-corrected chi connectivity index (χ4v) is 1.88. The summed E-state index contributed by atoms with van der Waals surface area (Å²) in [4.78, 5) is 8.81. The Hall–Kier alpha value is -1.69. The van der Waals surface area contributed by atoms with Crippen LogP contribution in [0.2, 0.25) is 0 Å². The lowest BCUT2D eigenvalue weighted by Crippen LogP contribution is -2.05. The highest BCUT2D eigenvalue weighted by Crippen LogP contribution is 2.23. The minimum atomic E-state index is -0.318. The molecule has 20 heavy (non-hydrogen) atoms. The zero-order valence-corrected chi connectivity index (χ0v) is 13.1. The fraction of sp³-hybridized carbons (Fsp3) is 0.286. The summed E-state index contributed by atoms with van der Waals surface area (Å²) in [6.07, 6.45) is 0. The third-order valence-corrected chi connectivity index (χ3v) is 3.35. The van der Waals surface area contributed by atoms with Crippen molar-refractivity contribution in [3.63, 3.8) is 0 Å². The summed E-state index contributed by atoms with van der Waals surface area (Å²) >= 11 is 3.13. The van der Waals surface area contributed by atoms with Crippen molar-refractivity contribution in [2.45, 2.75) is 19.8 Å². The first kappa shape index (κ1) is 14.7. The standard InChI is InChI=1S/C14H16BrFN4/c1-8(2)14-19-12(17-3)7-13(20-14)18-9-4-5-10(15)11(16)6-9/h4-8H,1-3H3,(H2,17,18,19,20). The van der Waals surface area contributed by atoms with Crippen molar-refractivity contribution >= 4 is 33.3 Å². The zero-order chi connectivity index (χ0) is 14.7. The average molecular weight is 339 g/mol. The molecule has 4 nitrogen and oxygen atoms in total. The number of aromatic nitrogens is 2. The first-order valence-corrected chi connectivity index (χ1v) is 7.07. The lowest BCUT2D eigenvalue weighted by Gasteiger charge is -2.11. The molecule has 6 heteroatoms. The van der Waals surface area contributed by atoms with Crippen LogP contribution in [0.1, 0.15) is 25.6 Å². The van der Waals surface area contributed by atoms with Gasteiger partial charge < -0.3 is 10.6 Å². The van der Waals surface area contributed by atoms with Crippen LogP contribution >= 0.6 is 15.9 Å². The summed E-state index contributed by atoms with van der Waals surface area (Å²) in [7, 11) is 1.80. The largest absolute Gasteiger partial charge is 0.373 e. The van der Waals surface area contributed by atoms with Crippen molar-refractivity contribution in [1.29, 1.82) is 0 Å². The van der Waals surface area contributed by atoms with E-state index in [2.05, 4.69) is 36.5 Å². The number of nitrogens with one attached hydrogen (secondary N) is 2. The summed E-state index contributed by atoms with van der Waals surface area (Å²) in [6, 6.07) is 6.64. The van der Waals surface area contributed by atoms with Crippen LogP contribution in [-0.4, -0.2) is 17.0 Å². The Bertz CT molecular complexity index is 616. The van der Waals surface area contributed by atoms with Gasteiger partial charge in [-0.15, -0.1) is 0 Å². The molecule has 0 fully saturated rings. The van der Waals surface area contributed by atoms with Crippen molar-refractivity contribution in [3.8, 4) is 0 Å². The number of benzene rings is 1. The molecule has 2 rings (SSSR count). The Kier molecular flexibility index (Phi) is 4.54. The van der Waals surface area contributed by atoms with E-state index < -0.39 is 0 Å². The van der Waals surface area contributed by atoms with Gasteiger partial charge in [-0.25, -0.2) is 14.4 Å². The third kappa shape index (κ3) is 3.45. The van der Waals surface area contributed by atoms with Crippen molar-refractivity contribution in [3.05, 3.63) is 40.4 Å². The highest BCUT2D eigenvalue weighted by molar-refractivity contribution is 9.10. The second kappa shape index (κ2) is 6.17. The predicted molar refractivity (Wildman–Crippen MR) is 83.1 cm³/mol. The predicted octanol–water partition coefficient (Wildman–Crippen LogP) is 4.29. The highest BCUT2D eigenvalue weighted by atomic mass is 79.9. The monoisotopic (exact) mass is 338 g/mol. The first-order valence-electron chi connectivity index (χ1n) is 6.28. The smallest absolute Gasteiger partial charge is 0.139 e. The zero-order valence-electron chi connectivity index (χ0n) is 11.5. The summed E-state index contributed by atoms with van der Waals surface area (Å²) in [5.41, 5.74) is 0.640. The summed E-state index contributed by atoms with van der Waals surface area (Å²) in [6.45, 7) is 4.05. The number of anilines is 3. The minimum absolute atomic E-state index is 0.213. The molecule has 1 aromatic heterocycles. The first-order chi connectivity index (χ1) is 9.49. The van der Waals surface area contributed by atoms with Crippen LogP contribution in [0.15, 0.2) is 28.7 Å². The molecule has 0 aliphatic heterocycles. The van der Waals surface area contributed by atoms with Gasteiger partial charge in [0.15, 0.2) is 0 Å². The molecule has 0 aliphatic rings. The molecule has 0 spiro atoms. The number of hydrogen-bond acceptors (Lipinski definition) is 4. The SMILES string of the molecule is CNc1cc(Nc2ccc(Br)c(F)c2)nc(C(C)C)n1.